The standard InChI is InChI=1S/C20H40N2/c21-17-20(15-9-10-16-20)14-8-4-2-1-3-5-13-19(22)18-11-6-7-12-18/h18-19H,1-17,21-22H2. The average Bonchev–Trinajstić information content (AvgIpc) is 3.21. The van der Waals surface area contributed by atoms with Crippen LogP contribution in [0.15, 0.2) is 0 Å². The lowest BCUT2D eigenvalue weighted by molar-refractivity contribution is 0.271. The molecular formula is C20H40N2. The van der Waals surface area contributed by atoms with Gasteiger partial charge in [-0.2, -0.15) is 0 Å². The lowest BCUT2D eigenvalue weighted by Gasteiger charge is -2.27. The fourth-order valence-electron chi connectivity index (χ4n) is 4.89. The van der Waals surface area contributed by atoms with Gasteiger partial charge in [-0.3, -0.25) is 0 Å². The molecule has 0 heterocycles. The van der Waals surface area contributed by atoms with Crippen molar-refractivity contribution in [2.75, 3.05) is 6.54 Å². The molecule has 0 aromatic heterocycles. The SMILES string of the molecule is NCC1(CCCCCCCCC(N)C2CCCC2)CCCC1. The number of nitrogens with two attached hydrogens (primary N) is 2. The summed E-state index contributed by atoms with van der Waals surface area (Å²) < 4.78 is 0. The quantitative estimate of drug-likeness (QED) is 0.519. The van der Waals surface area contributed by atoms with E-state index in [0.29, 0.717) is 11.5 Å². The molecule has 2 fully saturated rings. The molecule has 0 aromatic rings. The molecule has 2 aliphatic rings. The number of hydrogen-bond acceptors (Lipinski definition) is 2. The summed E-state index contributed by atoms with van der Waals surface area (Å²) in [7, 11) is 0. The van der Waals surface area contributed by atoms with Crippen molar-refractivity contribution < 1.29 is 0 Å². The summed E-state index contributed by atoms with van der Waals surface area (Å²) in [5, 5.41) is 0. The molecule has 2 nitrogen and oxygen atoms in total. The van der Waals surface area contributed by atoms with Crippen LogP contribution in [-0.4, -0.2) is 12.6 Å². The second-order valence-electron chi connectivity index (χ2n) is 8.28. The third kappa shape index (κ3) is 5.85. The first-order valence-electron chi connectivity index (χ1n) is 10.2. The van der Waals surface area contributed by atoms with Crippen LogP contribution in [0.5, 0.6) is 0 Å². The zero-order valence-electron chi connectivity index (χ0n) is 14.8. The van der Waals surface area contributed by atoms with Crippen LogP contribution < -0.4 is 11.5 Å². The fraction of sp³-hybridized carbons (Fsp3) is 1.00. The van der Waals surface area contributed by atoms with E-state index in [1.165, 1.54) is 103 Å². The van der Waals surface area contributed by atoms with Gasteiger partial charge < -0.3 is 11.5 Å². The van der Waals surface area contributed by atoms with Crippen LogP contribution in [0.4, 0.5) is 0 Å². The third-order valence-electron chi connectivity index (χ3n) is 6.60. The van der Waals surface area contributed by atoms with Crippen LogP contribution >= 0.6 is 0 Å². The Morgan fingerprint density at radius 1 is 0.818 bits per heavy atom. The molecule has 2 aliphatic carbocycles. The number of unbranched alkanes of at least 4 members (excludes halogenated alkanes) is 5. The van der Waals surface area contributed by atoms with Crippen LogP contribution in [-0.2, 0) is 0 Å². The van der Waals surface area contributed by atoms with Gasteiger partial charge in [0.1, 0.15) is 0 Å². The van der Waals surface area contributed by atoms with Crippen LogP contribution in [0.1, 0.15) is 103 Å². The number of hydrogen-bond donors (Lipinski definition) is 2. The molecule has 1 unspecified atom stereocenters. The average molecular weight is 309 g/mol. The maximum Gasteiger partial charge on any atom is 0.00671 e. The summed E-state index contributed by atoms with van der Waals surface area (Å²) in [4.78, 5) is 0. The Morgan fingerprint density at radius 2 is 1.41 bits per heavy atom. The third-order valence-corrected chi connectivity index (χ3v) is 6.60. The first-order valence-corrected chi connectivity index (χ1v) is 10.2. The van der Waals surface area contributed by atoms with E-state index in [9.17, 15) is 0 Å². The van der Waals surface area contributed by atoms with E-state index in [4.69, 9.17) is 11.5 Å². The van der Waals surface area contributed by atoms with Crippen molar-refractivity contribution in [3.63, 3.8) is 0 Å². The van der Waals surface area contributed by atoms with Crippen LogP contribution in [0.25, 0.3) is 0 Å². The van der Waals surface area contributed by atoms with Gasteiger partial charge >= 0.3 is 0 Å². The Bertz CT molecular complexity index is 277. The van der Waals surface area contributed by atoms with E-state index in [1.807, 2.05) is 0 Å². The van der Waals surface area contributed by atoms with E-state index in [1.54, 1.807) is 0 Å². The summed E-state index contributed by atoms with van der Waals surface area (Å²) >= 11 is 0. The summed E-state index contributed by atoms with van der Waals surface area (Å²) in [5.41, 5.74) is 12.9. The molecule has 4 N–H and O–H groups in total. The van der Waals surface area contributed by atoms with Crippen molar-refractivity contribution in [3.05, 3.63) is 0 Å². The number of rotatable bonds is 11. The normalized spacial score (nSPS) is 23.2. The Morgan fingerprint density at radius 3 is 2.05 bits per heavy atom. The van der Waals surface area contributed by atoms with Crippen molar-refractivity contribution in [2.45, 2.75) is 109 Å². The topological polar surface area (TPSA) is 52.0 Å². The monoisotopic (exact) mass is 308 g/mol. The minimum atomic E-state index is 0.495. The summed E-state index contributed by atoms with van der Waals surface area (Å²) in [6.07, 6.45) is 22.3. The molecule has 2 saturated carbocycles. The van der Waals surface area contributed by atoms with Crippen molar-refractivity contribution in [1.82, 2.24) is 0 Å². The first-order chi connectivity index (χ1) is 10.8. The van der Waals surface area contributed by atoms with Crippen molar-refractivity contribution in [1.29, 1.82) is 0 Å². The lowest BCUT2D eigenvalue weighted by atomic mass is 9.81. The molecule has 1 atom stereocenters. The van der Waals surface area contributed by atoms with Gasteiger partial charge in [0.05, 0.1) is 0 Å². The van der Waals surface area contributed by atoms with E-state index in [0.717, 1.165) is 12.5 Å². The molecule has 0 bridgehead atoms. The predicted molar refractivity (Wildman–Crippen MR) is 96.8 cm³/mol. The molecule has 0 radical (unpaired) electrons. The zero-order chi connectivity index (χ0) is 15.7. The van der Waals surface area contributed by atoms with Gasteiger partial charge in [0, 0.05) is 6.04 Å². The predicted octanol–water partition coefficient (Wildman–Crippen LogP) is 5.14. The molecule has 0 aliphatic heterocycles. The summed E-state index contributed by atoms with van der Waals surface area (Å²) in [5.74, 6) is 0.846. The first kappa shape index (κ1) is 18.3. The zero-order valence-corrected chi connectivity index (χ0v) is 14.8. The van der Waals surface area contributed by atoms with Gasteiger partial charge in [-0.1, -0.05) is 64.2 Å². The summed E-state index contributed by atoms with van der Waals surface area (Å²) in [6.45, 7) is 0.923. The van der Waals surface area contributed by atoms with Crippen LogP contribution in [0.2, 0.25) is 0 Å². The molecular weight excluding hydrogens is 268 g/mol. The lowest BCUT2D eigenvalue weighted by Crippen LogP contribution is -2.28. The van der Waals surface area contributed by atoms with Gasteiger partial charge in [0.15, 0.2) is 0 Å². The fourth-order valence-corrected chi connectivity index (χ4v) is 4.89. The van der Waals surface area contributed by atoms with E-state index >= 15 is 0 Å². The Balaban J connectivity index is 1.41. The highest BCUT2D eigenvalue weighted by molar-refractivity contribution is 4.85. The Hall–Kier alpha value is -0.0800. The molecule has 2 rings (SSSR count). The maximum absolute atomic E-state index is 6.33. The van der Waals surface area contributed by atoms with Crippen molar-refractivity contribution in [3.8, 4) is 0 Å². The van der Waals surface area contributed by atoms with Gasteiger partial charge in [0.25, 0.3) is 0 Å². The maximum atomic E-state index is 6.33. The van der Waals surface area contributed by atoms with Crippen molar-refractivity contribution in [2.24, 2.45) is 22.8 Å². The molecule has 0 aromatic carbocycles. The Labute approximate surface area is 138 Å². The smallest absolute Gasteiger partial charge is 0.00671 e. The van der Waals surface area contributed by atoms with Gasteiger partial charge in [0.2, 0.25) is 0 Å². The van der Waals surface area contributed by atoms with Crippen molar-refractivity contribution >= 4 is 0 Å². The largest absolute Gasteiger partial charge is 0.330 e. The molecule has 130 valence electrons. The molecule has 22 heavy (non-hydrogen) atoms. The molecule has 0 spiro atoms. The van der Waals surface area contributed by atoms with Gasteiger partial charge in [-0.05, 0) is 56.4 Å². The second-order valence-corrected chi connectivity index (χ2v) is 8.28. The second kappa shape index (κ2) is 9.93. The molecule has 0 amide bonds. The van der Waals surface area contributed by atoms with Crippen LogP contribution in [0.3, 0.4) is 0 Å². The minimum Gasteiger partial charge on any atom is -0.330 e. The highest BCUT2D eigenvalue weighted by atomic mass is 14.6. The van der Waals surface area contributed by atoms with Crippen LogP contribution in [0, 0.1) is 11.3 Å². The summed E-state index contributed by atoms with van der Waals surface area (Å²) in [6, 6.07) is 0.495. The van der Waals surface area contributed by atoms with E-state index < -0.39 is 0 Å². The van der Waals surface area contributed by atoms with Gasteiger partial charge in [-0.25, -0.2) is 0 Å². The molecule has 2 heteroatoms. The van der Waals surface area contributed by atoms with E-state index in [2.05, 4.69) is 0 Å². The minimum absolute atomic E-state index is 0.495. The highest BCUT2D eigenvalue weighted by Gasteiger charge is 2.31. The van der Waals surface area contributed by atoms with Gasteiger partial charge in [-0.15, -0.1) is 0 Å². The Kier molecular flexibility index (Phi) is 8.24. The highest BCUT2D eigenvalue weighted by Crippen LogP contribution is 2.41. The van der Waals surface area contributed by atoms with E-state index in [-0.39, 0.29) is 0 Å². The molecule has 0 saturated heterocycles.